The summed E-state index contributed by atoms with van der Waals surface area (Å²) in [6, 6.07) is 11.2. The van der Waals surface area contributed by atoms with Crippen LogP contribution in [0.25, 0.3) is 10.8 Å². The molecule has 0 aliphatic rings. The minimum atomic E-state index is -5.05. The topological polar surface area (TPSA) is 69.7 Å². The third kappa shape index (κ3) is 4.48. The zero-order valence-corrected chi connectivity index (χ0v) is 19.5. The van der Waals surface area contributed by atoms with Crippen molar-refractivity contribution in [2.45, 2.75) is 43.6 Å². The fourth-order valence-corrected chi connectivity index (χ4v) is 7.50. The van der Waals surface area contributed by atoms with Gasteiger partial charge < -0.3 is 9.05 Å². The minimum Gasteiger partial charge on any atom is -0.305 e. The molecule has 166 valence electrons. The highest BCUT2D eigenvalue weighted by molar-refractivity contribution is 7.95. The molecule has 0 amide bonds. The molecule has 0 spiro atoms. The first kappa shape index (κ1) is 25.0. The predicted octanol–water partition coefficient (Wildman–Crippen LogP) is 6.37. The van der Waals surface area contributed by atoms with Crippen molar-refractivity contribution in [1.82, 2.24) is 0 Å². The lowest BCUT2D eigenvalue weighted by Crippen LogP contribution is -2.35. The van der Waals surface area contributed by atoms with Gasteiger partial charge >= 0.3 is 13.3 Å². The molecule has 30 heavy (non-hydrogen) atoms. The van der Waals surface area contributed by atoms with Crippen LogP contribution in [0, 0.1) is 0 Å². The Hall–Kier alpha value is -1.31. The monoisotopic (exact) mass is 480 g/mol. The Bertz CT molecular complexity index is 1080. The molecule has 2 aromatic carbocycles. The van der Waals surface area contributed by atoms with E-state index in [4.69, 9.17) is 20.6 Å². The van der Waals surface area contributed by atoms with Crippen LogP contribution in [0.5, 0.6) is 0 Å². The van der Waals surface area contributed by atoms with Crippen LogP contribution in [0.1, 0.15) is 27.7 Å². The Morgan fingerprint density at radius 2 is 1.60 bits per heavy atom. The molecule has 2 rings (SSSR count). The van der Waals surface area contributed by atoms with E-state index in [0.717, 1.165) is 0 Å². The quantitative estimate of drug-likeness (QED) is 0.308. The minimum absolute atomic E-state index is 0.0437. The highest BCUT2D eigenvalue weighted by atomic mass is 35.5. The molecule has 10 heteroatoms. The van der Waals surface area contributed by atoms with Gasteiger partial charge in [0.1, 0.15) is 5.38 Å². The molecule has 0 radical (unpaired) electrons. The summed E-state index contributed by atoms with van der Waals surface area (Å²) in [6.07, 6.45) is 0. The van der Waals surface area contributed by atoms with Gasteiger partial charge in [-0.05, 0) is 39.1 Å². The first-order valence-electron chi connectivity index (χ1n) is 9.25. The van der Waals surface area contributed by atoms with Crippen LogP contribution < -0.4 is 0 Å². The highest BCUT2D eigenvalue weighted by Gasteiger charge is 2.61. The van der Waals surface area contributed by atoms with Crippen LogP contribution in [0.4, 0.5) is 8.78 Å². The van der Waals surface area contributed by atoms with Crippen LogP contribution in [0.3, 0.4) is 0 Å². The summed E-state index contributed by atoms with van der Waals surface area (Å²) in [4.78, 5) is -0.897. The third-order valence-electron chi connectivity index (χ3n) is 4.32. The van der Waals surface area contributed by atoms with Crippen molar-refractivity contribution in [3.8, 4) is 0 Å². The lowest BCUT2D eigenvalue weighted by atomic mass is 10.1. The molecule has 1 unspecified atom stereocenters. The Morgan fingerprint density at radius 3 is 2.13 bits per heavy atom. The molecule has 0 saturated carbocycles. The molecular formula is C20H24ClF2O5PS. The van der Waals surface area contributed by atoms with Crippen molar-refractivity contribution < 1.29 is 30.8 Å². The van der Waals surface area contributed by atoms with Gasteiger partial charge in [0.05, 0.1) is 23.0 Å². The third-order valence-corrected chi connectivity index (χ3v) is 9.44. The zero-order valence-electron chi connectivity index (χ0n) is 17.1. The van der Waals surface area contributed by atoms with E-state index < -0.39 is 33.4 Å². The van der Waals surface area contributed by atoms with Gasteiger partial charge in [-0.15, -0.1) is 11.6 Å². The van der Waals surface area contributed by atoms with Crippen LogP contribution in [-0.2, 0) is 23.4 Å². The van der Waals surface area contributed by atoms with Gasteiger partial charge in [-0.1, -0.05) is 42.0 Å². The Morgan fingerprint density at radius 1 is 1.07 bits per heavy atom. The molecule has 0 fully saturated rings. The number of rotatable bonds is 9. The largest absolute Gasteiger partial charge is 0.401 e. The van der Waals surface area contributed by atoms with Gasteiger partial charge in [-0.2, -0.15) is 8.78 Å². The maximum absolute atomic E-state index is 15.3. The first-order chi connectivity index (χ1) is 13.9. The number of fused-ring (bicyclic) bond motifs is 1. The Balaban J connectivity index is 2.69. The second-order valence-corrected chi connectivity index (χ2v) is 11.1. The molecule has 0 N–H and O–H groups in total. The highest BCUT2D eigenvalue weighted by Crippen LogP contribution is 2.65. The van der Waals surface area contributed by atoms with Crippen molar-refractivity contribution in [2.75, 3.05) is 13.2 Å². The number of sulfone groups is 1. The van der Waals surface area contributed by atoms with E-state index in [-0.39, 0.29) is 23.7 Å². The van der Waals surface area contributed by atoms with Crippen molar-refractivity contribution in [3.05, 3.63) is 52.9 Å². The molecule has 0 heterocycles. The number of benzene rings is 2. The average molecular weight is 481 g/mol. The number of hydrogen-bond donors (Lipinski definition) is 0. The van der Waals surface area contributed by atoms with E-state index in [9.17, 15) is 13.0 Å². The summed E-state index contributed by atoms with van der Waals surface area (Å²) in [5, 5.41) is -1.47. The van der Waals surface area contributed by atoms with Gasteiger partial charge in [0.25, 0.3) is 0 Å². The van der Waals surface area contributed by atoms with E-state index >= 15 is 8.78 Å². The standard InChI is InChI=1S/C20H24ClF2O5PS/c1-5-27-29(24,28-6-2)20(22,23)19(21)18(14(3)4)30(25,26)17-13-9-11-15-10-7-8-12-16(15)17/h7-13,19H,5-6H2,1-4H3. The number of alkyl halides is 3. The molecule has 0 saturated heterocycles. The van der Waals surface area contributed by atoms with E-state index in [1.165, 1.54) is 39.8 Å². The summed E-state index contributed by atoms with van der Waals surface area (Å²) < 4.78 is 79.8. The van der Waals surface area contributed by atoms with Gasteiger partial charge in [0, 0.05) is 5.39 Å². The van der Waals surface area contributed by atoms with Gasteiger partial charge in [-0.3, -0.25) is 4.57 Å². The molecular weight excluding hydrogens is 457 g/mol. The summed E-state index contributed by atoms with van der Waals surface area (Å²) in [6.45, 7) is 4.82. The molecule has 0 aromatic heterocycles. The van der Waals surface area contributed by atoms with E-state index in [0.29, 0.717) is 10.8 Å². The fourth-order valence-electron chi connectivity index (χ4n) is 3.05. The van der Waals surface area contributed by atoms with Crippen molar-refractivity contribution in [2.24, 2.45) is 0 Å². The van der Waals surface area contributed by atoms with Crippen LogP contribution >= 0.6 is 19.2 Å². The van der Waals surface area contributed by atoms with Gasteiger partial charge in [0.2, 0.25) is 9.84 Å². The lowest BCUT2D eigenvalue weighted by molar-refractivity contribution is 0.0434. The maximum atomic E-state index is 15.3. The van der Waals surface area contributed by atoms with Crippen molar-refractivity contribution >= 4 is 39.8 Å². The Labute approximate surface area is 180 Å². The molecule has 2 aromatic rings. The van der Waals surface area contributed by atoms with Crippen molar-refractivity contribution in [3.63, 3.8) is 0 Å². The maximum Gasteiger partial charge on any atom is 0.401 e. The van der Waals surface area contributed by atoms with Gasteiger partial charge in [0.15, 0.2) is 0 Å². The second-order valence-electron chi connectivity index (χ2n) is 6.63. The summed E-state index contributed by atoms with van der Waals surface area (Å²) >= 11 is 6.06. The molecule has 0 bridgehead atoms. The van der Waals surface area contributed by atoms with Crippen molar-refractivity contribution in [1.29, 1.82) is 0 Å². The number of allylic oxidation sites excluding steroid dienone is 2. The number of halogens is 3. The van der Waals surface area contributed by atoms with Crippen LogP contribution in [0.15, 0.2) is 57.8 Å². The summed E-state index contributed by atoms with van der Waals surface area (Å²) in [5.74, 6) is 0. The van der Waals surface area contributed by atoms with Gasteiger partial charge in [-0.25, -0.2) is 8.42 Å². The molecule has 5 nitrogen and oxygen atoms in total. The van der Waals surface area contributed by atoms with E-state index in [1.807, 2.05) is 0 Å². The SMILES string of the molecule is CCOP(=O)(OCC)C(F)(F)C(Cl)C(=C(C)C)S(=O)(=O)c1cccc2ccccc12. The van der Waals surface area contributed by atoms with E-state index in [2.05, 4.69) is 0 Å². The average Bonchev–Trinajstić information content (AvgIpc) is 2.67. The Kier molecular flexibility index (Phi) is 7.86. The smallest absolute Gasteiger partial charge is 0.305 e. The number of hydrogen-bond acceptors (Lipinski definition) is 5. The van der Waals surface area contributed by atoms with Crippen LogP contribution in [0.2, 0.25) is 0 Å². The molecule has 0 aliphatic carbocycles. The normalized spacial score (nSPS) is 14.0. The predicted molar refractivity (Wildman–Crippen MR) is 115 cm³/mol. The molecule has 1 atom stereocenters. The summed E-state index contributed by atoms with van der Waals surface area (Å²) in [7, 11) is -9.51. The fraction of sp³-hybridized carbons (Fsp3) is 0.400. The molecule has 0 aliphatic heterocycles. The first-order valence-corrected chi connectivity index (χ1v) is 12.7. The lowest BCUT2D eigenvalue weighted by Gasteiger charge is -2.30. The summed E-state index contributed by atoms with van der Waals surface area (Å²) in [5.41, 5.74) is -4.24. The van der Waals surface area contributed by atoms with Crippen LogP contribution in [-0.4, -0.2) is 32.7 Å². The van der Waals surface area contributed by atoms with E-state index in [1.54, 1.807) is 30.3 Å². The zero-order chi connectivity index (χ0) is 22.7. The second kappa shape index (κ2) is 9.45.